The predicted octanol–water partition coefficient (Wildman–Crippen LogP) is 2.47. The number of hydrogen-bond donors (Lipinski definition) is 2. The minimum absolute atomic E-state index is 0.0124. The SMILES string of the molecule is Cc1cc([N+](=O)[O-])ccc1NC(=O)CCN1C(C)CCCC1CO. The number of benzene rings is 1. The van der Waals surface area contributed by atoms with E-state index < -0.39 is 4.92 Å². The van der Waals surface area contributed by atoms with Gasteiger partial charge in [0.1, 0.15) is 0 Å². The third kappa shape index (κ3) is 4.52. The van der Waals surface area contributed by atoms with Crippen molar-refractivity contribution in [3.8, 4) is 0 Å². The van der Waals surface area contributed by atoms with E-state index in [4.69, 9.17) is 0 Å². The minimum atomic E-state index is -0.453. The molecule has 2 N–H and O–H groups in total. The predicted molar refractivity (Wildman–Crippen MR) is 92.0 cm³/mol. The Labute approximate surface area is 141 Å². The number of nitrogens with one attached hydrogen (secondary N) is 1. The zero-order chi connectivity index (χ0) is 17.7. The van der Waals surface area contributed by atoms with Crippen LogP contribution < -0.4 is 5.32 Å². The molecule has 1 heterocycles. The van der Waals surface area contributed by atoms with Gasteiger partial charge < -0.3 is 10.4 Å². The van der Waals surface area contributed by atoms with Crippen molar-refractivity contribution in [1.29, 1.82) is 0 Å². The maximum atomic E-state index is 12.2. The number of amides is 1. The number of piperidine rings is 1. The van der Waals surface area contributed by atoms with Crippen LogP contribution in [0.15, 0.2) is 18.2 Å². The van der Waals surface area contributed by atoms with E-state index in [-0.39, 0.29) is 24.2 Å². The number of rotatable bonds is 6. The summed E-state index contributed by atoms with van der Waals surface area (Å²) in [5.74, 6) is -0.124. The fourth-order valence-corrected chi connectivity index (χ4v) is 3.28. The van der Waals surface area contributed by atoms with Crippen LogP contribution >= 0.6 is 0 Å². The van der Waals surface area contributed by atoms with E-state index in [9.17, 15) is 20.0 Å². The first-order valence-electron chi connectivity index (χ1n) is 8.34. The van der Waals surface area contributed by atoms with E-state index in [0.717, 1.165) is 19.3 Å². The van der Waals surface area contributed by atoms with Crippen LogP contribution in [0.4, 0.5) is 11.4 Å². The van der Waals surface area contributed by atoms with Gasteiger partial charge in [-0.25, -0.2) is 0 Å². The molecule has 2 unspecified atom stereocenters. The van der Waals surface area contributed by atoms with Gasteiger partial charge in [-0.2, -0.15) is 0 Å². The number of carbonyl (C=O) groups excluding carboxylic acids is 1. The quantitative estimate of drug-likeness (QED) is 0.615. The normalized spacial score (nSPS) is 21.5. The van der Waals surface area contributed by atoms with Gasteiger partial charge in [0, 0.05) is 42.9 Å². The standard InChI is InChI=1S/C17H25N3O4/c1-12-10-14(20(23)24)6-7-16(12)18-17(22)8-9-19-13(2)4-3-5-15(19)11-21/h6-7,10,13,15,21H,3-5,8-9,11H2,1-2H3,(H,18,22). The van der Waals surface area contributed by atoms with Gasteiger partial charge >= 0.3 is 0 Å². The Hall–Kier alpha value is -1.99. The Morgan fingerprint density at radius 1 is 1.46 bits per heavy atom. The topological polar surface area (TPSA) is 95.7 Å². The number of nitro groups is 1. The molecular formula is C17H25N3O4. The summed E-state index contributed by atoms with van der Waals surface area (Å²) in [5.41, 5.74) is 1.27. The number of aliphatic hydroxyl groups is 1. The van der Waals surface area contributed by atoms with Crippen molar-refractivity contribution >= 4 is 17.3 Å². The summed E-state index contributed by atoms with van der Waals surface area (Å²) in [7, 11) is 0. The molecule has 1 saturated heterocycles. The van der Waals surface area contributed by atoms with Crippen molar-refractivity contribution in [3.63, 3.8) is 0 Å². The first-order valence-corrected chi connectivity index (χ1v) is 8.34. The molecule has 132 valence electrons. The summed E-state index contributed by atoms with van der Waals surface area (Å²) in [6.45, 7) is 4.58. The second-order valence-electron chi connectivity index (χ2n) is 6.41. The van der Waals surface area contributed by atoms with Crippen LogP contribution in [-0.4, -0.2) is 46.1 Å². The third-order valence-corrected chi connectivity index (χ3v) is 4.70. The number of hydrogen-bond acceptors (Lipinski definition) is 5. The molecule has 0 radical (unpaired) electrons. The smallest absolute Gasteiger partial charge is 0.269 e. The largest absolute Gasteiger partial charge is 0.395 e. The second-order valence-corrected chi connectivity index (χ2v) is 6.41. The molecule has 0 bridgehead atoms. The summed E-state index contributed by atoms with van der Waals surface area (Å²) in [6.07, 6.45) is 3.48. The van der Waals surface area contributed by atoms with E-state index in [1.165, 1.54) is 12.1 Å². The highest BCUT2D eigenvalue weighted by Gasteiger charge is 2.27. The molecule has 0 spiro atoms. The first kappa shape index (κ1) is 18.4. The van der Waals surface area contributed by atoms with Gasteiger partial charge in [0.25, 0.3) is 5.69 Å². The lowest BCUT2D eigenvalue weighted by atomic mass is 9.96. The van der Waals surface area contributed by atoms with Crippen LogP contribution in [-0.2, 0) is 4.79 Å². The fraction of sp³-hybridized carbons (Fsp3) is 0.588. The molecule has 1 aromatic carbocycles. The molecule has 1 aliphatic rings. The van der Waals surface area contributed by atoms with Gasteiger partial charge in [-0.05, 0) is 38.3 Å². The average molecular weight is 335 g/mol. The summed E-state index contributed by atoms with van der Waals surface area (Å²) in [5, 5.41) is 23.0. The highest BCUT2D eigenvalue weighted by Crippen LogP contribution is 2.24. The van der Waals surface area contributed by atoms with E-state index in [0.29, 0.717) is 30.3 Å². The van der Waals surface area contributed by atoms with Gasteiger partial charge in [-0.3, -0.25) is 19.8 Å². The van der Waals surface area contributed by atoms with Gasteiger partial charge in [-0.1, -0.05) is 6.42 Å². The van der Waals surface area contributed by atoms with E-state index in [1.54, 1.807) is 13.0 Å². The number of aryl methyl sites for hydroxylation is 1. The Morgan fingerprint density at radius 3 is 2.83 bits per heavy atom. The number of non-ortho nitro benzene ring substituents is 1. The maximum Gasteiger partial charge on any atom is 0.269 e. The highest BCUT2D eigenvalue weighted by molar-refractivity contribution is 5.91. The van der Waals surface area contributed by atoms with Crippen molar-refractivity contribution in [2.75, 3.05) is 18.5 Å². The number of nitro benzene ring substituents is 1. The molecule has 0 aliphatic carbocycles. The van der Waals surface area contributed by atoms with Gasteiger partial charge in [0.2, 0.25) is 5.91 Å². The second kappa shape index (κ2) is 8.21. The van der Waals surface area contributed by atoms with Crippen LogP contribution in [0.3, 0.4) is 0 Å². The Morgan fingerprint density at radius 2 is 2.21 bits per heavy atom. The number of carbonyl (C=O) groups is 1. The lowest BCUT2D eigenvalue weighted by Crippen LogP contribution is -2.48. The van der Waals surface area contributed by atoms with E-state index in [1.807, 2.05) is 0 Å². The Bertz CT molecular complexity index is 605. The van der Waals surface area contributed by atoms with Gasteiger partial charge in [0.15, 0.2) is 0 Å². The molecule has 2 rings (SSSR count). The Kier molecular flexibility index (Phi) is 6.28. The first-order chi connectivity index (χ1) is 11.4. The van der Waals surface area contributed by atoms with Crippen LogP contribution in [0.2, 0.25) is 0 Å². The molecule has 1 aromatic rings. The van der Waals surface area contributed by atoms with E-state index >= 15 is 0 Å². The lowest BCUT2D eigenvalue weighted by Gasteiger charge is -2.39. The van der Waals surface area contributed by atoms with Gasteiger partial charge in [-0.15, -0.1) is 0 Å². The lowest BCUT2D eigenvalue weighted by molar-refractivity contribution is -0.384. The molecule has 7 nitrogen and oxygen atoms in total. The number of nitrogens with zero attached hydrogens (tertiary/aromatic N) is 2. The number of likely N-dealkylation sites (tertiary alicyclic amines) is 1. The molecule has 2 atom stereocenters. The minimum Gasteiger partial charge on any atom is -0.395 e. The maximum absolute atomic E-state index is 12.2. The summed E-state index contributed by atoms with van der Waals surface area (Å²) >= 11 is 0. The Balaban J connectivity index is 1.92. The van der Waals surface area contributed by atoms with Crippen molar-refractivity contribution in [3.05, 3.63) is 33.9 Å². The molecule has 7 heteroatoms. The molecule has 1 fully saturated rings. The van der Waals surface area contributed by atoms with Crippen LogP contribution in [0, 0.1) is 17.0 Å². The monoisotopic (exact) mass is 335 g/mol. The molecular weight excluding hydrogens is 310 g/mol. The van der Waals surface area contributed by atoms with Crippen molar-refractivity contribution < 1.29 is 14.8 Å². The van der Waals surface area contributed by atoms with E-state index in [2.05, 4.69) is 17.1 Å². The summed E-state index contributed by atoms with van der Waals surface area (Å²) in [6, 6.07) is 4.89. The zero-order valence-electron chi connectivity index (χ0n) is 14.2. The van der Waals surface area contributed by atoms with Crippen LogP contribution in [0.5, 0.6) is 0 Å². The summed E-state index contributed by atoms with van der Waals surface area (Å²) < 4.78 is 0. The summed E-state index contributed by atoms with van der Waals surface area (Å²) in [4.78, 5) is 24.7. The molecule has 1 amide bonds. The fourth-order valence-electron chi connectivity index (χ4n) is 3.28. The molecule has 1 aliphatic heterocycles. The zero-order valence-corrected chi connectivity index (χ0v) is 14.2. The van der Waals surface area contributed by atoms with Gasteiger partial charge in [0.05, 0.1) is 11.5 Å². The van der Waals surface area contributed by atoms with Crippen molar-refractivity contribution in [2.45, 2.75) is 51.6 Å². The third-order valence-electron chi connectivity index (χ3n) is 4.70. The molecule has 0 saturated carbocycles. The van der Waals surface area contributed by atoms with Crippen LogP contribution in [0.1, 0.15) is 38.2 Å². The highest BCUT2D eigenvalue weighted by atomic mass is 16.6. The number of anilines is 1. The molecule has 0 aromatic heterocycles. The average Bonchev–Trinajstić information content (AvgIpc) is 2.55. The number of aliphatic hydroxyl groups excluding tert-OH is 1. The van der Waals surface area contributed by atoms with Crippen LogP contribution in [0.25, 0.3) is 0 Å². The molecule has 24 heavy (non-hydrogen) atoms. The van der Waals surface area contributed by atoms with Crippen molar-refractivity contribution in [1.82, 2.24) is 4.90 Å². The van der Waals surface area contributed by atoms with Crippen molar-refractivity contribution in [2.24, 2.45) is 0 Å².